The average Bonchev–Trinajstić information content (AvgIpc) is 3.02. The predicted octanol–water partition coefficient (Wildman–Crippen LogP) is 14.2. The third-order valence-corrected chi connectivity index (χ3v) is 8.53. The van der Waals surface area contributed by atoms with E-state index in [1.165, 1.54) is 141 Å². The van der Waals surface area contributed by atoms with Crippen molar-refractivity contribution in [2.75, 3.05) is 13.1 Å². The molecule has 0 saturated heterocycles. The standard InChI is InChI=1S/C41H75NO2/c1-3-5-7-9-11-13-15-17-19-21-23-25-27-29-31-33-35-37-39-42(41(43)44)40-38-36-34-32-30-28-26-24-22-20-18-16-14-12-10-8-6-4-2/h11-14,17-20H,3-10,15-16,21-40H2,1-2H3,(H,43,44). The van der Waals surface area contributed by atoms with Crippen molar-refractivity contribution >= 4 is 6.09 Å². The van der Waals surface area contributed by atoms with Gasteiger partial charge in [0.05, 0.1) is 0 Å². The lowest BCUT2D eigenvalue weighted by Gasteiger charge is -2.19. The molecule has 0 aliphatic carbocycles. The summed E-state index contributed by atoms with van der Waals surface area (Å²) in [5.41, 5.74) is 0. The maximum atomic E-state index is 11.6. The second kappa shape index (κ2) is 37.4. The van der Waals surface area contributed by atoms with E-state index in [1.54, 1.807) is 4.90 Å². The minimum Gasteiger partial charge on any atom is -0.465 e. The molecular weight excluding hydrogens is 538 g/mol. The van der Waals surface area contributed by atoms with Crippen LogP contribution in [0.5, 0.6) is 0 Å². The van der Waals surface area contributed by atoms with Gasteiger partial charge in [-0.15, -0.1) is 0 Å². The van der Waals surface area contributed by atoms with Crippen LogP contribution in [0.1, 0.15) is 194 Å². The van der Waals surface area contributed by atoms with Crippen LogP contribution in [0.4, 0.5) is 4.79 Å². The molecule has 0 atom stereocenters. The van der Waals surface area contributed by atoms with Gasteiger partial charge in [-0.25, -0.2) is 4.79 Å². The van der Waals surface area contributed by atoms with Crippen LogP contribution in [0.15, 0.2) is 48.6 Å². The zero-order valence-electron chi connectivity index (χ0n) is 29.6. The summed E-state index contributed by atoms with van der Waals surface area (Å²) >= 11 is 0. The normalized spacial score (nSPS) is 12.1. The first-order chi connectivity index (χ1) is 21.7. The van der Waals surface area contributed by atoms with E-state index in [0.29, 0.717) is 13.1 Å². The molecule has 0 heterocycles. The second-order valence-electron chi connectivity index (χ2n) is 12.9. The van der Waals surface area contributed by atoms with Crippen LogP contribution in [0, 0.1) is 0 Å². The zero-order chi connectivity index (χ0) is 32.0. The molecule has 3 nitrogen and oxygen atoms in total. The molecule has 3 heteroatoms. The van der Waals surface area contributed by atoms with Gasteiger partial charge in [0.25, 0.3) is 0 Å². The highest BCUT2D eigenvalue weighted by Crippen LogP contribution is 2.13. The van der Waals surface area contributed by atoms with Crippen molar-refractivity contribution in [1.29, 1.82) is 0 Å². The van der Waals surface area contributed by atoms with E-state index >= 15 is 0 Å². The fraction of sp³-hybridized carbons (Fsp3) is 0.780. The van der Waals surface area contributed by atoms with Crippen LogP contribution in [-0.4, -0.2) is 29.2 Å². The van der Waals surface area contributed by atoms with Crippen molar-refractivity contribution in [1.82, 2.24) is 4.90 Å². The molecule has 0 rings (SSSR count). The molecule has 0 unspecified atom stereocenters. The van der Waals surface area contributed by atoms with Crippen LogP contribution in [0.3, 0.4) is 0 Å². The molecule has 44 heavy (non-hydrogen) atoms. The molecule has 0 aliphatic rings. The summed E-state index contributed by atoms with van der Waals surface area (Å²) in [6.07, 6.45) is 52.9. The van der Waals surface area contributed by atoms with Crippen LogP contribution >= 0.6 is 0 Å². The van der Waals surface area contributed by atoms with Gasteiger partial charge >= 0.3 is 6.09 Å². The van der Waals surface area contributed by atoms with Crippen LogP contribution in [0.25, 0.3) is 0 Å². The van der Waals surface area contributed by atoms with Crippen LogP contribution in [0.2, 0.25) is 0 Å². The molecule has 0 aliphatic heterocycles. The number of carboxylic acid groups (broad SMARTS) is 1. The first-order valence-electron chi connectivity index (χ1n) is 19.3. The summed E-state index contributed by atoms with van der Waals surface area (Å²) in [4.78, 5) is 13.3. The summed E-state index contributed by atoms with van der Waals surface area (Å²) in [6, 6.07) is 0. The van der Waals surface area contributed by atoms with Gasteiger partial charge in [0.1, 0.15) is 0 Å². The van der Waals surface area contributed by atoms with Crippen LogP contribution < -0.4 is 0 Å². The Balaban J connectivity index is 3.49. The largest absolute Gasteiger partial charge is 0.465 e. The Morgan fingerprint density at radius 3 is 0.977 bits per heavy atom. The maximum absolute atomic E-state index is 11.6. The molecule has 0 spiro atoms. The summed E-state index contributed by atoms with van der Waals surface area (Å²) in [5, 5.41) is 9.57. The van der Waals surface area contributed by atoms with E-state index in [4.69, 9.17) is 0 Å². The fourth-order valence-electron chi connectivity index (χ4n) is 5.59. The highest BCUT2D eigenvalue weighted by molar-refractivity contribution is 5.64. The molecule has 0 saturated carbocycles. The van der Waals surface area contributed by atoms with Crippen molar-refractivity contribution in [2.45, 2.75) is 194 Å². The van der Waals surface area contributed by atoms with Crippen molar-refractivity contribution in [2.24, 2.45) is 0 Å². The Morgan fingerprint density at radius 2 is 0.682 bits per heavy atom. The van der Waals surface area contributed by atoms with Gasteiger partial charge in [0.2, 0.25) is 0 Å². The number of carbonyl (C=O) groups is 1. The highest BCUT2D eigenvalue weighted by atomic mass is 16.4. The summed E-state index contributed by atoms with van der Waals surface area (Å²) < 4.78 is 0. The Hall–Kier alpha value is -1.77. The molecule has 0 aromatic rings. The third-order valence-electron chi connectivity index (χ3n) is 8.53. The lowest BCUT2D eigenvalue weighted by Crippen LogP contribution is -2.31. The molecule has 0 fully saturated rings. The van der Waals surface area contributed by atoms with Gasteiger partial charge in [-0.2, -0.15) is 0 Å². The molecule has 0 radical (unpaired) electrons. The quantitative estimate of drug-likeness (QED) is 0.0579. The van der Waals surface area contributed by atoms with E-state index in [9.17, 15) is 9.90 Å². The molecular formula is C41H75NO2. The lowest BCUT2D eigenvalue weighted by molar-refractivity contribution is 0.143. The molecule has 1 N–H and O–H groups in total. The first-order valence-corrected chi connectivity index (χ1v) is 19.3. The molecule has 0 aromatic heterocycles. The minimum atomic E-state index is -0.737. The maximum Gasteiger partial charge on any atom is 0.407 e. The van der Waals surface area contributed by atoms with Crippen molar-refractivity contribution in [3.63, 3.8) is 0 Å². The summed E-state index contributed by atoms with van der Waals surface area (Å²) in [7, 11) is 0. The van der Waals surface area contributed by atoms with Crippen LogP contribution in [-0.2, 0) is 0 Å². The molecule has 256 valence electrons. The van der Waals surface area contributed by atoms with E-state index in [0.717, 1.165) is 38.5 Å². The number of hydrogen-bond acceptors (Lipinski definition) is 1. The van der Waals surface area contributed by atoms with Crippen molar-refractivity contribution in [3.8, 4) is 0 Å². The van der Waals surface area contributed by atoms with Crippen molar-refractivity contribution < 1.29 is 9.90 Å². The number of allylic oxidation sites excluding steroid dienone is 8. The monoisotopic (exact) mass is 614 g/mol. The van der Waals surface area contributed by atoms with Crippen molar-refractivity contribution in [3.05, 3.63) is 48.6 Å². The SMILES string of the molecule is CCCCCC=CCC=CCCCCCCCCCCN(CCCCCCCCCCC=CCC=CCCCCC)C(=O)O. The van der Waals surface area contributed by atoms with Gasteiger partial charge in [-0.05, 0) is 77.0 Å². The molecule has 0 bridgehead atoms. The van der Waals surface area contributed by atoms with Gasteiger partial charge in [-0.3, -0.25) is 0 Å². The summed E-state index contributed by atoms with van der Waals surface area (Å²) in [5.74, 6) is 0. The average molecular weight is 614 g/mol. The van der Waals surface area contributed by atoms with Gasteiger partial charge in [0.15, 0.2) is 0 Å². The Bertz CT molecular complexity index is 641. The van der Waals surface area contributed by atoms with E-state index in [1.807, 2.05) is 0 Å². The summed E-state index contributed by atoms with van der Waals surface area (Å²) in [6.45, 7) is 5.93. The topological polar surface area (TPSA) is 40.5 Å². The smallest absolute Gasteiger partial charge is 0.407 e. The lowest BCUT2D eigenvalue weighted by atomic mass is 10.1. The third kappa shape index (κ3) is 34.7. The fourth-order valence-corrected chi connectivity index (χ4v) is 5.59. The van der Waals surface area contributed by atoms with Gasteiger partial charge in [0, 0.05) is 13.1 Å². The number of amides is 1. The zero-order valence-corrected chi connectivity index (χ0v) is 29.6. The Kier molecular flexibility index (Phi) is 35.9. The van der Waals surface area contributed by atoms with E-state index in [-0.39, 0.29) is 0 Å². The highest BCUT2D eigenvalue weighted by Gasteiger charge is 2.10. The number of hydrogen-bond donors (Lipinski definition) is 1. The number of rotatable bonds is 34. The minimum absolute atomic E-state index is 0.708. The van der Waals surface area contributed by atoms with E-state index < -0.39 is 6.09 Å². The molecule has 0 aromatic carbocycles. The number of unbranched alkanes of at least 4 members (excludes halogenated alkanes) is 22. The Labute approximate surface area is 275 Å². The second-order valence-corrected chi connectivity index (χ2v) is 12.9. The van der Waals surface area contributed by atoms with E-state index in [2.05, 4.69) is 62.5 Å². The predicted molar refractivity (Wildman–Crippen MR) is 197 cm³/mol. The first kappa shape index (κ1) is 42.2. The van der Waals surface area contributed by atoms with Gasteiger partial charge in [-0.1, -0.05) is 165 Å². The Morgan fingerprint density at radius 1 is 0.409 bits per heavy atom. The number of nitrogens with zero attached hydrogens (tertiary/aromatic N) is 1. The van der Waals surface area contributed by atoms with Gasteiger partial charge < -0.3 is 10.0 Å². The molecule has 1 amide bonds.